The topological polar surface area (TPSA) is 81.1 Å². The third-order valence-electron chi connectivity index (χ3n) is 3.48. The fraction of sp³-hybridized carbons (Fsp3) is 0.462. The van der Waals surface area contributed by atoms with Crippen molar-refractivity contribution < 1.29 is 4.79 Å². The van der Waals surface area contributed by atoms with E-state index in [1.54, 1.807) is 18.2 Å². The Morgan fingerprint density at radius 1 is 1.29 bits per heavy atom. The number of anilines is 2. The second-order valence-corrected chi connectivity index (χ2v) is 5.24. The fourth-order valence-corrected chi connectivity index (χ4v) is 2.16. The molecule has 4 heteroatoms. The number of hydrogen-bond donors (Lipinski definition) is 3. The van der Waals surface area contributed by atoms with E-state index in [0.29, 0.717) is 16.9 Å². The number of nitrogens with two attached hydrogens (primary N) is 2. The molecule has 0 heterocycles. The van der Waals surface area contributed by atoms with E-state index in [4.69, 9.17) is 11.5 Å². The van der Waals surface area contributed by atoms with E-state index in [1.165, 1.54) is 19.3 Å². The molecule has 1 aliphatic carbocycles. The highest BCUT2D eigenvalue weighted by atomic mass is 16.1. The number of carbonyl (C=O) groups excluding carboxylic acids is 1. The molecule has 17 heavy (non-hydrogen) atoms. The van der Waals surface area contributed by atoms with Crippen molar-refractivity contribution in [2.45, 2.75) is 26.2 Å². The minimum Gasteiger partial charge on any atom is -0.399 e. The summed E-state index contributed by atoms with van der Waals surface area (Å²) in [5.41, 5.74) is 13.2. The van der Waals surface area contributed by atoms with Crippen molar-refractivity contribution in [1.29, 1.82) is 0 Å². The molecule has 4 nitrogen and oxygen atoms in total. The van der Waals surface area contributed by atoms with E-state index in [9.17, 15) is 4.79 Å². The Hall–Kier alpha value is -1.71. The van der Waals surface area contributed by atoms with Crippen LogP contribution in [0, 0.1) is 5.41 Å². The van der Waals surface area contributed by atoms with E-state index in [1.807, 2.05) is 0 Å². The van der Waals surface area contributed by atoms with Gasteiger partial charge >= 0.3 is 0 Å². The maximum absolute atomic E-state index is 11.9. The van der Waals surface area contributed by atoms with Crippen LogP contribution in [0.15, 0.2) is 18.2 Å². The van der Waals surface area contributed by atoms with Gasteiger partial charge in [-0.15, -0.1) is 0 Å². The monoisotopic (exact) mass is 233 g/mol. The second kappa shape index (κ2) is 4.28. The summed E-state index contributed by atoms with van der Waals surface area (Å²) in [5, 5.41) is 2.95. The van der Waals surface area contributed by atoms with Crippen LogP contribution in [0.5, 0.6) is 0 Å². The molecule has 1 amide bonds. The fourth-order valence-electron chi connectivity index (χ4n) is 2.16. The van der Waals surface area contributed by atoms with Crippen LogP contribution in [-0.2, 0) is 0 Å². The third-order valence-corrected chi connectivity index (χ3v) is 3.48. The Morgan fingerprint density at radius 2 is 1.88 bits per heavy atom. The number of benzene rings is 1. The van der Waals surface area contributed by atoms with Gasteiger partial charge in [-0.3, -0.25) is 4.79 Å². The van der Waals surface area contributed by atoms with Gasteiger partial charge in [-0.25, -0.2) is 0 Å². The Balaban J connectivity index is 1.99. The van der Waals surface area contributed by atoms with Gasteiger partial charge in [0.25, 0.3) is 5.91 Å². The lowest BCUT2D eigenvalue weighted by atomic mass is 9.70. The summed E-state index contributed by atoms with van der Waals surface area (Å²) in [6.07, 6.45) is 3.64. The van der Waals surface area contributed by atoms with Crippen LogP contribution in [0.4, 0.5) is 11.4 Å². The SMILES string of the molecule is CC1(CNC(=O)c2cc(N)cc(N)c2)CCC1. The van der Waals surface area contributed by atoms with Crippen molar-refractivity contribution in [1.82, 2.24) is 5.32 Å². The molecule has 1 aliphatic rings. The molecule has 1 saturated carbocycles. The number of hydrogen-bond acceptors (Lipinski definition) is 3. The third kappa shape index (κ3) is 2.70. The van der Waals surface area contributed by atoms with E-state index in [0.717, 1.165) is 6.54 Å². The molecular weight excluding hydrogens is 214 g/mol. The van der Waals surface area contributed by atoms with Crippen LogP contribution in [0.25, 0.3) is 0 Å². The predicted octanol–water partition coefficient (Wildman–Crippen LogP) is 1.77. The maximum Gasteiger partial charge on any atom is 0.251 e. The minimum atomic E-state index is -0.0999. The van der Waals surface area contributed by atoms with Crippen LogP contribution < -0.4 is 16.8 Å². The summed E-state index contributed by atoms with van der Waals surface area (Å²) in [6, 6.07) is 4.94. The molecule has 0 saturated heterocycles. The summed E-state index contributed by atoms with van der Waals surface area (Å²) in [5.74, 6) is -0.0999. The normalized spacial score (nSPS) is 17.2. The molecule has 0 unspecified atom stereocenters. The first kappa shape index (κ1) is 11.8. The van der Waals surface area contributed by atoms with Gasteiger partial charge in [0, 0.05) is 23.5 Å². The zero-order valence-electron chi connectivity index (χ0n) is 10.1. The van der Waals surface area contributed by atoms with Gasteiger partial charge in [0.2, 0.25) is 0 Å². The summed E-state index contributed by atoms with van der Waals surface area (Å²) in [7, 11) is 0. The van der Waals surface area contributed by atoms with E-state index < -0.39 is 0 Å². The standard InChI is InChI=1S/C13H19N3O/c1-13(3-2-4-13)8-16-12(17)9-5-10(14)7-11(15)6-9/h5-7H,2-4,8,14-15H2,1H3,(H,16,17). The first-order chi connectivity index (χ1) is 7.98. The van der Waals surface area contributed by atoms with Gasteiger partial charge in [0.05, 0.1) is 0 Å². The summed E-state index contributed by atoms with van der Waals surface area (Å²) in [4.78, 5) is 11.9. The predicted molar refractivity (Wildman–Crippen MR) is 69.6 cm³/mol. The molecule has 1 aromatic carbocycles. The van der Waals surface area contributed by atoms with Gasteiger partial charge in [0.15, 0.2) is 0 Å². The molecule has 0 aromatic heterocycles. The van der Waals surface area contributed by atoms with Crippen molar-refractivity contribution in [2.75, 3.05) is 18.0 Å². The number of rotatable bonds is 3. The molecular formula is C13H19N3O. The van der Waals surface area contributed by atoms with Gasteiger partial charge in [-0.2, -0.15) is 0 Å². The maximum atomic E-state index is 11.9. The molecule has 92 valence electrons. The first-order valence-corrected chi connectivity index (χ1v) is 5.93. The lowest BCUT2D eigenvalue weighted by Gasteiger charge is -2.38. The molecule has 0 radical (unpaired) electrons. The number of amides is 1. The van der Waals surface area contributed by atoms with Gasteiger partial charge in [-0.05, 0) is 36.5 Å². The van der Waals surface area contributed by atoms with Crippen LogP contribution in [0.3, 0.4) is 0 Å². The van der Waals surface area contributed by atoms with E-state index in [-0.39, 0.29) is 11.3 Å². The number of nitrogens with one attached hydrogen (secondary N) is 1. The molecule has 2 rings (SSSR count). The second-order valence-electron chi connectivity index (χ2n) is 5.24. The van der Waals surface area contributed by atoms with E-state index in [2.05, 4.69) is 12.2 Å². The highest BCUT2D eigenvalue weighted by Crippen LogP contribution is 2.39. The molecule has 0 spiro atoms. The lowest BCUT2D eigenvalue weighted by Crippen LogP contribution is -2.39. The Bertz CT molecular complexity index is 418. The molecule has 1 aromatic rings. The highest BCUT2D eigenvalue weighted by Gasteiger charge is 2.31. The van der Waals surface area contributed by atoms with Crippen LogP contribution in [0.1, 0.15) is 36.5 Å². The number of nitrogen functional groups attached to an aromatic ring is 2. The average Bonchev–Trinajstić information content (AvgIpc) is 2.22. The Kier molecular flexibility index (Phi) is 2.96. The quantitative estimate of drug-likeness (QED) is 0.696. The first-order valence-electron chi connectivity index (χ1n) is 5.93. The zero-order valence-corrected chi connectivity index (χ0v) is 10.1. The van der Waals surface area contributed by atoms with Crippen molar-refractivity contribution in [3.8, 4) is 0 Å². The largest absolute Gasteiger partial charge is 0.399 e. The van der Waals surface area contributed by atoms with Crippen molar-refractivity contribution in [3.63, 3.8) is 0 Å². The van der Waals surface area contributed by atoms with Gasteiger partial charge in [-0.1, -0.05) is 13.3 Å². The molecule has 0 atom stereocenters. The summed E-state index contributed by atoms with van der Waals surface area (Å²) in [6.45, 7) is 2.92. The van der Waals surface area contributed by atoms with Crippen LogP contribution in [0.2, 0.25) is 0 Å². The molecule has 0 bridgehead atoms. The minimum absolute atomic E-state index is 0.0999. The van der Waals surface area contributed by atoms with Crippen molar-refractivity contribution >= 4 is 17.3 Å². The number of carbonyl (C=O) groups is 1. The highest BCUT2D eigenvalue weighted by molar-refractivity contribution is 5.96. The van der Waals surface area contributed by atoms with Crippen molar-refractivity contribution in [3.05, 3.63) is 23.8 Å². The van der Waals surface area contributed by atoms with Crippen LogP contribution in [-0.4, -0.2) is 12.5 Å². The average molecular weight is 233 g/mol. The summed E-state index contributed by atoms with van der Waals surface area (Å²) < 4.78 is 0. The Labute approximate surface area is 101 Å². The van der Waals surface area contributed by atoms with Crippen LogP contribution >= 0.6 is 0 Å². The smallest absolute Gasteiger partial charge is 0.251 e. The van der Waals surface area contributed by atoms with Crippen molar-refractivity contribution in [2.24, 2.45) is 5.41 Å². The Morgan fingerprint density at radius 3 is 2.35 bits per heavy atom. The molecule has 1 fully saturated rings. The summed E-state index contributed by atoms with van der Waals surface area (Å²) >= 11 is 0. The van der Waals surface area contributed by atoms with E-state index >= 15 is 0 Å². The van der Waals surface area contributed by atoms with Gasteiger partial charge in [0.1, 0.15) is 0 Å². The lowest BCUT2D eigenvalue weighted by molar-refractivity contribution is 0.0891. The van der Waals surface area contributed by atoms with Gasteiger partial charge < -0.3 is 16.8 Å². The zero-order chi connectivity index (χ0) is 12.5. The molecule has 5 N–H and O–H groups in total. The molecule has 0 aliphatic heterocycles.